The lowest BCUT2D eigenvalue weighted by atomic mass is 10.2. The van der Waals surface area contributed by atoms with E-state index in [2.05, 4.69) is 0 Å². The fourth-order valence-electron chi connectivity index (χ4n) is 0.808. The Kier molecular flexibility index (Phi) is 2.57. The highest BCUT2D eigenvalue weighted by Gasteiger charge is 2.27. The first-order valence-electron chi connectivity index (χ1n) is 3.16. The van der Waals surface area contributed by atoms with E-state index in [9.17, 15) is 18.0 Å². The number of benzene rings is 1. The lowest BCUT2D eigenvalue weighted by Crippen LogP contribution is -2.07. The topological polar surface area (TPSA) is 57.5 Å². The quantitative estimate of drug-likeness (QED) is 0.722. The zero-order chi connectivity index (χ0) is 11.0. The van der Waals surface area contributed by atoms with Crippen molar-refractivity contribution in [2.24, 2.45) is 0 Å². The molecule has 0 radical (unpaired) electrons. The smallest absolute Gasteiger partial charge is 0.341 e. The Morgan fingerprint density at radius 1 is 1.14 bits per heavy atom. The van der Waals surface area contributed by atoms with Crippen LogP contribution in [0.5, 0.6) is 5.75 Å². The number of phenolic OH excluding ortho intramolecular Hbond substituents is 1. The molecule has 0 aliphatic rings. The normalized spacial score (nSPS) is 10.3. The molecule has 0 unspecified atom stereocenters. The average Bonchev–Trinajstić information content (AvgIpc) is 2.11. The molecule has 3 nitrogen and oxygen atoms in total. The summed E-state index contributed by atoms with van der Waals surface area (Å²) in [5.74, 6) is -9.06. The summed E-state index contributed by atoms with van der Waals surface area (Å²) in [7, 11) is 0. The zero-order valence-electron chi connectivity index (χ0n) is 6.31. The van der Waals surface area contributed by atoms with Crippen LogP contribution in [-0.2, 0) is 0 Å². The minimum absolute atomic E-state index is 1.17. The summed E-state index contributed by atoms with van der Waals surface area (Å²) in [6.45, 7) is 0. The van der Waals surface area contributed by atoms with Crippen molar-refractivity contribution in [3.8, 4) is 5.75 Å². The highest BCUT2D eigenvalue weighted by molar-refractivity contribution is 6.32. The van der Waals surface area contributed by atoms with Gasteiger partial charge < -0.3 is 10.2 Å². The SMILES string of the molecule is O=C(O)c1c(F)c(F)c(O)c(Cl)c1F. The summed E-state index contributed by atoms with van der Waals surface area (Å²) in [4.78, 5) is 10.3. The second-order valence-corrected chi connectivity index (χ2v) is 2.66. The molecule has 0 aliphatic heterocycles. The molecule has 0 spiro atoms. The molecule has 0 saturated carbocycles. The van der Waals surface area contributed by atoms with Gasteiger partial charge in [-0.3, -0.25) is 0 Å². The molecule has 2 N–H and O–H groups in total. The first-order chi connectivity index (χ1) is 6.37. The maximum absolute atomic E-state index is 12.9. The van der Waals surface area contributed by atoms with Crippen molar-refractivity contribution in [1.29, 1.82) is 0 Å². The lowest BCUT2D eigenvalue weighted by Gasteiger charge is -2.05. The van der Waals surface area contributed by atoms with Gasteiger partial charge in [0.1, 0.15) is 10.6 Å². The average molecular weight is 227 g/mol. The van der Waals surface area contributed by atoms with Gasteiger partial charge in [-0.1, -0.05) is 11.6 Å². The minimum Gasteiger partial charge on any atom is -0.504 e. The van der Waals surface area contributed by atoms with Crippen molar-refractivity contribution in [3.63, 3.8) is 0 Å². The minimum atomic E-state index is -2.01. The van der Waals surface area contributed by atoms with Crippen molar-refractivity contribution >= 4 is 17.6 Å². The first kappa shape index (κ1) is 10.6. The fourth-order valence-corrected chi connectivity index (χ4v) is 0.985. The third-order valence-electron chi connectivity index (χ3n) is 1.45. The van der Waals surface area contributed by atoms with Gasteiger partial charge in [0.15, 0.2) is 17.4 Å². The summed E-state index contributed by atoms with van der Waals surface area (Å²) in [6, 6.07) is 0. The van der Waals surface area contributed by atoms with Gasteiger partial charge in [-0.15, -0.1) is 0 Å². The Morgan fingerprint density at radius 3 is 2.07 bits per heavy atom. The number of aromatic carboxylic acids is 1. The van der Waals surface area contributed by atoms with E-state index < -0.39 is 39.8 Å². The van der Waals surface area contributed by atoms with E-state index in [1.807, 2.05) is 0 Å². The monoisotopic (exact) mass is 226 g/mol. The van der Waals surface area contributed by atoms with Crippen LogP contribution in [0.25, 0.3) is 0 Å². The molecule has 0 fully saturated rings. The van der Waals surface area contributed by atoms with Gasteiger partial charge in [-0.05, 0) is 0 Å². The molecular weight excluding hydrogens is 225 g/mol. The van der Waals surface area contributed by atoms with E-state index in [-0.39, 0.29) is 0 Å². The van der Waals surface area contributed by atoms with Crippen LogP contribution in [0.15, 0.2) is 0 Å². The number of carbonyl (C=O) groups is 1. The van der Waals surface area contributed by atoms with Crippen molar-refractivity contribution < 1.29 is 28.2 Å². The van der Waals surface area contributed by atoms with Crippen LogP contribution in [0.4, 0.5) is 13.2 Å². The van der Waals surface area contributed by atoms with Crippen molar-refractivity contribution in [1.82, 2.24) is 0 Å². The van der Waals surface area contributed by atoms with E-state index in [1.165, 1.54) is 0 Å². The summed E-state index contributed by atoms with van der Waals surface area (Å²) >= 11 is 5.01. The van der Waals surface area contributed by atoms with Gasteiger partial charge in [-0.2, -0.15) is 4.39 Å². The maximum atomic E-state index is 12.9. The number of hydrogen-bond acceptors (Lipinski definition) is 2. The van der Waals surface area contributed by atoms with Crippen LogP contribution < -0.4 is 0 Å². The van der Waals surface area contributed by atoms with Crippen LogP contribution in [0.2, 0.25) is 5.02 Å². The molecule has 0 amide bonds. The predicted octanol–water partition coefficient (Wildman–Crippen LogP) is 2.16. The highest BCUT2D eigenvalue weighted by atomic mass is 35.5. The summed E-state index contributed by atoms with van der Waals surface area (Å²) < 4.78 is 38.3. The molecule has 0 aliphatic carbocycles. The number of rotatable bonds is 1. The summed E-state index contributed by atoms with van der Waals surface area (Å²) in [5, 5.41) is 15.8. The Bertz CT molecular complexity index is 390. The standard InChI is InChI=1S/C7H2ClF3O3/c8-2-3(9)1(7(13)14)4(10)5(11)6(2)12/h12H,(H,13,14). The largest absolute Gasteiger partial charge is 0.504 e. The van der Waals surface area contributed by atoms with Crippen LogP contribution in [0.3, 0.4) is 0 Å². The second kappa shape index (κ2) is 3.38. The highest BCUT2D eigenvalue weighted by Crippen LogP contribution is 2.33. The fraction of sp³-hybridized carbons (Fsp3) is 0. The number of carboxylic acids is 1. The lowest BCUT2D eigenvalue weighted by molar-refractivity contribution is 0.0685. The van der Waals surface area contributed by atoms with Gasteiger partial charge >= 0.3 is 5.97 Å². The molecule has 0 bridgehead atoms. The van der Waals surface area contributed by atoms with Crippen LogP contribution in [-0.4, -0.2) is 16.2 Å². The maximum Gasteiger partial charge on any atom is 0.341 e. The van der Waals surface area contributed by atoms with Gasteiger partial charge in [-0.25, -0.2) is 13.6 Å². The summed E-state index contributed by atoms with van der Waals surface area (Å²) in [5.41, 5.74) is -1.54. The van der Waals surface area contributed by atoms with E-state index >= 15 is 0 Å². The van der Waals surface area contributed by atoms with Crippen molar-refractivity contribution in [2.45, 2.75) is 0 Å². The van der Waals surface area contributed by atoms with E-state index in [4.69, 9.17) is 21.8 Å². The Hall–Kier alpha value is -1.43. The molecule has 1 rings (SSSR count). The van der Waals surface area contributed by atoms with E-state index in [1.54, 1.807) is 0 Å². The summed E-state index contributed by atoms with van der Waals surface area (Å²) in [6.07, 6.45) is 0. The Morgan fingerprint density at radius 2 is 1.64 bits per heavy atom. The number of carboxylic acid groups (broad SMARTS) is 1. The Labute approximate surface area is 80.3 Å². The number of halogens is 4. The van der Waals surface area contributed by atoms with Gasteiger partial charge in [0, 0.05) is 0 Å². The third kappa shape index (κ3) is 1.37. The van der Waals surface area contributed by atoms with Crippen LogP contribution in [0.1, 0.15) is 10.4 Å². The third-order valence-corrected chi connectivity index (χ3v) is 1.80. The van der Waals surface area contributed by atoms with Crippen molar-refractivity contribution in [3.05, 3.63) is 28.0 Å². The van der Waals surface area contributed by atoms with Crippen LogP contribution >= 0.6 is 11.6 Å². The van der Waals surface area contributed by atoms with Gasteiger partial charge in [0.25, 0.3) is 0 Å². The zero-order valence-corrected chi connectivity index (χ0v) is 7.07. The molecule has 0 saturated heterocycles. The number of hydrogen-bond donors (Lipinski definition) is 2. The molecule has 76 valence electrons. The second-order valence-electron chi connectivity index (χ2n) is 2.28. The number of aromatic hydroxyl groups is 1. The Balaban J connectivity index is 3.68. The van der Waals surface area contributed by atoms with Crippen LogP contribution in [0, 0.1) is 17.5 Å². The molecule has 14 heavy (non-hydrogen) atoms. The number of phenols is 1. The van der Waals surface area contributed by atoms with Gasteiger partial charge in [0.2, 0.25) is 5.82 Å². The molecule has 1 aromatic carbocycles. The molecule has 0 atom stereocenters. The molecule has 0 heterocycles. The van der Waals surface area contributed by atoms with E-state index in [0.29, 0.717) is 0 Å². The molecule has 7 heteroatoms. The molecule has 1 aromatic rings. The molecular formula is C7H2ClF3O3. The van der Waals surface area contributed by atoms with Gasteiger partial charge in [0.05, 0.1) is 0 Å². The molecule has 0 aromatic heterocycles. The predicted molar refractivity (Wildman–Crippen MR) is 40.0 cm³/mol. The van der Waals surface area contributed by atoms with E-state index in [0.717, 1.165) is 0 Å². The van der Waals surface area contributed by atoms with Crippen molar-refractivity contribution in [2.75, 3.05) is 0 Å². The first-order valence-corrected chi connectivity index (χ1v) is 3.54.